The highest BCUT2D eigenvalue weighted by Crippen LogP contribution is 2.41. The predicted octanol–water partition coefficient (Wildman–Crippen LogP) is 6.74. The Hall–Kier alpha value is -6.01. The molecule has 0 saturated carbocycles. The average Bonchev–Trinajstić information content (AvgIpc) is 3.25. The molecule has 0 bridgehead atoms. The monoisotopic (exact) mass is 767 g/mol. The molecule has 5 aromatic rings. The maximum Gasteiger partial charge on any atom is 0.262 e. The van der Waals surface area contributed by atoms with Crippen LogP contribution in [0.3, 0.4) is 0 Å². The Labute approximate surface area is 333 Å². The highest BCUT2D eigenvalue weighted by Gasteiger charge is 2.26. The minimum absolute atomic E-state index is 0.00645. The number of aromatic hydroxyl groups is 1. The van der Waals surface area contributed by atoms with Crippen LogP contribution in [0, 0.1) is 0 Å². The molecule has 0 aromatic heterocycles. The molecule has 11 nitrogen and oxygen atoms in total. The van der Waals surface area contributed by atoms with E-state index in [0.29, 0.717) is 54.4 Å². The second-order valence-corrected chi connectivity index (χ2v) is 14.7. The molecule has 1 fully saturated rings. The van der Waals surface area contributed by atoms with Gasteiger partial charge in [-0.3, -0.25) is 14.4 Å². The van der Waals surface area contributed by atoms with Gasteiger partial charge in [-0.25, -0.2) is 0 Å². The van der Waals surface area contributed by atoms with E-state index in [1.54, 1.807) is 36.2 Å². The molecule has 1 saturated heterocycles. The molecule has 2 aliphatic heterocycles. The summed E-state index contributed by atoms with van der Waals surface area (Å²) in [5.41, 5.74) is 7.42. The maximum atomic E-state index is 13.3. The summed E-state index contributed by atoms with van der Waals surface area (Å²) in [6, 6.07) is 37.0. The number of fused-ring (bicyclic) bond motifs is 1. The minimum atomic E-state index is -0.910. The van der Waals surface area contributed by atoms with Crippen LogP contribution in [0.4, 0.5) is 17.1 Å². The van der Waals surface area contributed by atoms with Gasteiger partial charge in [0.25, 0.3) is 11.8 Å². The van der Waals surface area contributed by atoms with E-state index in [0.717, 1.165) is 31.5 Å². The lowest BCUT2D eigenvalue weighted by Crippen LogP contribution is -2.37. The maximum absolute atomic E-state index is 13.3. The number of piperidine rings is 1. The zero-order valence-corrected chi connectivity index (χ0v) is 32.1. The average molecular weight is 768 g/mol. The lowest BCUT2D eigenvalue weighted by atomic mass is 9.84. The Bertz CT molecular complexity index is 2190. The number of ether oxygens (including phenoxy) is 1. The molecule has 5 N–H and O–H groups in total. The first-order chi connectivity index (χ1) is 27.7. The molecular formula is C46H49N5O6. The van der Waals surface area contributed by atoms with Gasteiger partial charge >= 0.3 is 0 Å². The number of hydrogen-bond acceptors (Lipinski definition) is 8. The molecule has 0 spiro atoms. The molecule has 11 heteroatoms. The topological polar surface area (TPSA) is 143 Å². The Morgan fingerprint density at radius 2 is 1.68 bits per heavy atom. The van der Waals surface area contributed by atoms with E-state index in [9.17, 15) is 24.6 Å². The van der Waals surface area contributed by atoms with Gasteiger partial charge in [0.2, 0.25) is 5.91 Å². The van der Waals surface area contributed by atoms with Gasteiger partial charge in [-0.1, -0.05) is 72.8 Å². The normalized spacial score (nSPS) is 14.9. The number of aliphatic hydroxyl groups excluding tert-OH is 1. The van der Waals surface area contributed by atoms with Crippen molar-refractivity contribution in [1.82, 2.24) is 10.2 Å². The summed E-state index contributed by atoms with van der Waals surface area (Å²) in [6.45, 7) is 3.24. The van der Waals surface area contributed by atoms with Gasteiger partial charge in [-0.05, 0) is 110 Å². The number of carbonyl (C=O) groups excluding carboxylic acids is 3. The van der Waals surface area contributed by atoms with Gasteiger partial charge in [0.1, 0.15) is 11.4 Å². The largest absolute Gasteiger partial charge is 0.506 e. The number of rotatable bonds is 14. The fourth-order valence-corrected chi connectivity index (χ4v) is 7.60. The van der Waals surface area contributed by atoms with Gasteiger partial charge < -0.3 is 40.7 Å². The Kier molecular flexibility index (Phi) is 12.6. The van der Waals surface area contributed by atoms with Crippen LogP contribution in [0.25, 0.3) is 11.1 Å². The standard InChI is InChI=1S/C46H49N5O6/c1-50(43(55)23-27-51-25-21-33(22-26-51)38-13-6-5-12-37(38)32-8-3-2-4-9-32)36-11-7-10-34(28-36)46(56)48-35-16-14-31(15-17-35)20-24-47-29-41(53)39-18-19-40(52)44-45(39)57-30-42(54)49-44/h2-19,28,33,41,47,52-53H,20-27,29-30H2,1H3,(H,48,56)(H,49,54)/t41-/m0/s1. The number of phenolic OH excluding ortho intramolecular Hbond substituents is 1. The van der Waals surface area contributed by atoms with E-state index in [2.05, 4.69) is 69.4 Å². The van der Waals surface area contributed by atoms with Crippen LogP contribution < -0.4 is 25.6 Å². The second kappa shape index (κ2) is 18.3. The predicted molar refractivity (Wildman–Crippen MR) is 223 cm³/mol. The number of benzene rings is 5. The van der Waals surface area contributed by atoms with Crippen LogP contribution >= 0.6 is 0 Å². The van der Waals surface area contributed by atoms with Gasteiger partial charge in [-0.15, -0.1) is 0 Å². The minimum Gasteiger partial charge on any atom is -0.506 e. The number of amides is 3. The number of nitrogens with zero attached hydrogens (tertiary/aromatic N) is 2. The van der Waals surface area contributed by atoms with Gasteiger partial charge in [0.15, 0.2) is 12.4 Å². The van der Waals surface area contributed by atoms with Crippen molar-refractivity contribution < 1.29 is 29.3 Å². The van der Waals surface area contributed by atoms with E-state index < -0.39 is 6.10 Å². The highest BCUT2D eigenvalue weighted by molar-refractivity contribution is 6.05. The van der Waals surface area contributed by atoms with E-state index in [1.807, 2.05) is 36.4 Å². The summed E-state index contributed by atoms with van der Waals surface area (Å²) in [5.74, 6) is 0.0172. The molecule has 57 heavy (non-hydrogen) atoms. The van der Waals surface area contributed by atoms with Crippen molar-refractivity contribution >= 4 is 34.8 Å². The number of anilines is 3. The zero-order valence-electron chi connectivity index (χ0n) is 32.1. The number of nitrogens with one attached hydrogen (secondary N) is 3. The molecular weight excluding hydrogens is 719 g/mol. The van der Waals surface area contributed by atoms with Crippen molar-refractivity contribution in [3.05, 3.63) is 138 Å². The smallest absolute Gasteiger partial charge is 0.262 e. The number of aliphatic hydroxyl groups is 1. The fourth-order valence-electron chi connectivity index (χ4n) is 7.60. The van der Waals surface area contributed by atoms with Crippen molar-refractivity contribution in [2.24, 2.45) is 0 Å². The molecule has 0 radical (unpaired) electrons. The number of hydrogen-bond donors (Lipinski definition) is 5. The number of phenols is 1. The quantitative estimate of drug-likeness (QED) is 0.0618. The number of carbonyl (C=O) groups is 3. The van der Waals surface area contributed by atoms with Crippen LogP contribution in [0.2, 0.25) is 0 Å². The lowest BCUT2D eigenvalue weighted by molar-refractivity contribution is -0.119. The molecule has 3 amide bonds. The van der Waals surface area contributed by atoms with E-state index in [-0.39, 0.29) is 48.1 Å². The van der Waals surface area contributed by atoms with Crippen molar-refractivity contribution in [2.75, 3.05) is 61.9 Å². The van der Waals surface area contributed by atoms with Crippen molar-refractivity contribution in [2.45, 2.75) is 37.7 Å². The summed E-state index contributed by atoms with van der Waals surface area (Å²) in [6.07, 6.45) is 2.29. The highest BCUT2D eigenvalue weighted by atomic mass is 16.5. The molecule has 0 aliphatic carbocycles. The number of likely N-dealkylation sites (tertiary alicyclic amines) is 1. The Morgan fingerprint density at radius 1 is 0.930 bits per heavy atom. The molecule has 0 unspecified atom stereocenters. The third-order valence-electron chi connectivity index (χ3n) is 10.9. The van der Waals surface area contributed by atoms with Gasteiger partial charge in [-0.2, -0.15) is 0 Å². The van der Waals surface area contributed by atoms with E-state index >= 15 is 0 Å². The molecule has 1 atom stereocenters. The summed E-state index contributed by atoms with van der Waals surface area (Å²) in [7, 11) is 1.76. The third-order valence-corrected chi connectivity index (χ3v) is 10.9. The van der Waals surface area contributed by atoms with Crippen molar-refractivity contribution in [1.29, 1.82) is 0 Å². The van der Waals surface area contributed by atoms with Crippen LogP contribution in [-0.2, 0) is 16.0 Å². The van der Waals surface area contributed by atoms with Crippen LogP contribution in [0.15, 0.2) is 115 Å². The first-order valence-corrected chi connectivity index (χ1v) is 19.5. The second-order valence-electron chi connectivity index (χ2n) is 14.7. The Morgan fingerprint density at radius 3 is 2.47 bits per heavy atom. The molecule has 2 aliphatic rings. The summed E-state index contributed by atoms with van der Waals surface area (Å²) in [4.78, 5) is 42.2. The first-order valence-electron chi connectivity index (χ1n) is 19.5. The summed E-state index contributed by atoms with van der Waals surface area (Å²) in [5, 5.41) is 29.6. The van der Waals surface area contributed by atoms with Crippen molar-refractivity contribution in [3.63, 3.8) is 0 Å². The van der Waals surface area contributed by atoms with Crippen LogP contribution in [0.1, 0.15) is 58.3 Å². The zero-order chi connectivity index (χ0) is 39.7. The SMILES string of the molecule is CN(C(=O)CCN1CCC(c2ccccc2-c2ccccc2)CC1)c1cccc(C(=O)Nc2ccc(CCNC[C@H](O)c3ccc(O)c4c3OCC(=O)N4)cc2)c1. The molecule has 7 rings (SSSR count). The first kappa shape index (κ1) is 39.2. The van der Waals surface area contributed by atoms with E-state index in [1.165, 1.54) is 22.8 Å². The molecule has 2 heterocycles. The van der Waals surface area contributed by atoms with Gasteiger partial charge in [0.05, 0.1) is 6.10 Å². The summed E-state index contributed by atoms with van der Waals surface area (Å²) < 4.78 is 5.48. The van der Waals surface area contributed by atoms with Gasteiger partial charge in [0, 0.05) is 49.1 Å². The van der Waals surface area contributed by atoms with E-state index in [4.69, 9.17) is 4.74 Å². The lowest BCUT2D eigenvalue weighted by Gasteiger charge is -2.33. The molecule has 5 aromatic carbocycles. The summed E-state index contributed by atoms with van der Waals surface area (Å²) >= 11 is 0. The third kappa shape index (κ3) is 9.69. The van der Waals surface area contributed by atoms with Crippen molar-refractivity contribution in [3.8, 4) is 22.6 Å². The molecule has 294 valence electrons. The van der Waals surface area contributed by atoms with Crippen LogP contribution in [0.5, 0.6) is 11.5 Å². The van der Waals surface area contributed by atoms with Crippen LogP contribution in [-0.4, -0.2) is 79.2 Å². The fraction of sp³-hybridized carbons (Fsp3) is 0.283. The Balaban J connectivity index is 0.842.